The van der Waals surface area contributed by atoms with Gasteiger partial charge < -0.3 is 36.6 Å². The molecule has 6 N–H and O–H groups in total. The summed E-state index contributed by atoms with van der Waals surface area (Å²) in [5.41, 5.74) is 0.112. The Labute approximate surface area is 197 Å². The van der Waals surface area contributed by atoms with Crippen LogP contribution in [0.25, 0.3) is 5.70 Å². The number of aliphatic imine (C=N–C) groups is 1. The summed E-state index contributed by atoms with van der Waals surface area (Å²) >= 11 is 6.23. The third-order valence-corrected chi connectivity index (χ3v) is 5.71. The highest BCUT2D eigenvalue weighted by Gasteiger charge is 2.31. The van der Waals surface area contributed by atoms with Gasteiger partial charge in [0, 0.05) is 42.0 Å². The molecule has 9 nitrogen and oxygen atoms in total. The number of amides is 1. The van der Waals surface area contributed by atoms with E-state index in [1.54, 1.807) is 30.5 Å². The summed E-state index contributed by atoms with van der Waals surface area (Å²) in [4.78, 5) is 17.1. The Kier molecular flexibility index (Phi) is 8.02. The van der Waals surface area contributed by atoms with Crippen LogP contribution in [0, 0.1) is 10.8 Å². The quantitative estimate of drug-likeness (QED) is 0.243. The predicted octanol–water partition coefficient (Wildman–Crippen LogP) is 2.73. The molecule has 174 valence electrons. The minimum Gasteiger partial charge on any atom is -0.496 e. The second-order valence-corrected chi connectivity index (χ2v) is 8.14. The highest BCUT2D eigenvalue weighted by atomic mass is 35.5. The summed E-state index contributed by atoms with van der Waals surface area (Å²) in [7, 11) is 1.51. The molecule has 3 rings (SSSR count). The summed E-state index contributed by atoms with van der Waals surface area (Å²) in [6.07, 6.45) is 9.83. The molecule has 1 aromatic carbocycles. The molecule has 1 heterocycles. The number of rotatable bonds is 9. The van der Waals surface area contributed by atoms with E-state index in [1.807, 2.05) is 0 Å². The summed E-state index contributed by atoms with van der Waals surface area (Å²) in [5, 5.41) is 35.7. The first-order chi connectivity index (χ1) is 15.9. The van der Waals surface area contributed by atoms with Gasteiger partial charge in [-0.15, -0.1) is 0 Å². The Bertz CT molecular complexity index is 1050. The van der Waals surface area contributed by atoms with Gasteiger partial charge in [0.2, 0.25) is 0 Å². The third kappa shape index (κ3) is 5.88. The molecule has 0 saturated heterocycles. The molecule has 10 heteroatoms. The fourth-order valence-corrected chi connectivity index (χ4v) is 3.92. The Morgan fingerprint density at radius 2 is 2.09 bits per heavy atom. The van der Waals surface area contributed by atoms with Gasteiger partial charge in [-0.1, -0.05) is 24.4 Å². The topological polar surface area (TPSA) is 143 Å². The van der Waals surface area contributed by atoms with Crippen molar-refractivity contribution in [2.45, 2.75) is 31.3 Å². The van der Waals surface area contributed by atoms with E-state index in [0.717, 1.165) is 25.3 Å². The van der Waals surface area contributed by atoms with Crippen LogP contribution >= 0.6 is 11.6 Å². The normalized spacial score (nSPS) is 18.6. The smallest absolute Gasteiger partial charge is 0.261 e. The molecular weight excluding hydrogens is 444 g/mol. The minimum absolute atomic E-state index is 0.0122. The highest BCUT2D eigenvalue weighted by Crippen LogP contribution is 2.32. The highest BCUT2D eigenvalue weighted by molar-refractivity contribution is 6.30. The van der Waals surface area contributed by atoms with Crippen LogP contribution in [0.2, 0.25) is 5.02 Å². The number of allylic oxidation sites excluding steroid dienone is 2. The van der Waals surface area contributed by atoms with Crippen molar-refractivity contribution in [3.8, 4) is 5.75 Å². The second kappa shape index (κ2) is 10.9. The van der Waals surface area contributed by atoms with Crippen LogP contribution in [-0.4, -0.2) is 48.9 Å². The molecule has 0 atom stereocenters. The number of ether oxygens (including phenoxy) is 1. The van der Waals surface area contributed by atoms with Crippen molar-refractivity contribution in [1.82, 2.24) is 16.0 Å². The maximum Gasteiger partial charge on any atom is 0.261 e. The van der Waals surface area contributed by atoms with Crippen LogP contribution in [0.15, 0.2) is 52.6 Å². The van der Waals surface area contributed by atoms with Crippen LogP contribution in [0.4, 0.5) is 0 Å². The van der Waals surface area contributed by atoms with Gasteiger partial charge in [-0.2, -0.15) is 0 Å². The summed E-state index contributed by atoms with van der Waals surface area (Å²) < 4.78 is 5.48. The standard InChI is InChI=1S/C23H27ClN6O3/c1-33-19-6-5-15(24)11-16(19)20(29-14-23(32)7-2-3-8-23)18(13-26)30-22(31)17(12-25)21-27-9-4-10-28-21/h4-6,9-13,25-27,29,32H,2-3,7-8,14H2,1H3,(H,30,31)/b20-18+,21-17-,25-12?,26-13?. The van der Waals surface area contributed by atoms with E-state index in [1.165, 1.54) is 13.3 Å². The summed E-state index contributed by atoms with van der Waals surface area (Å²) in [5.74, 6) is 0.0611. The number of benzene rings is 1. The van der Waals surface area contributed by atoms with Crippen molar-refractivity contribution in [3.05, 3.63) is 58.2 Å². The number of methoxy groups -OCH3 is 1. The molecule has 1 aromatic rings. The molecule has 1 fully saturated rings. The Morgan fingerprint density at radius 1 is 1.33 bits per heavy atom. The Hall–Kier alpha value is -3.43. The molecule has 33 heavy (non-hydrogen) atoms. The number of hydrogen-bond acceptors (Lipinski definition) is 8. The minimum atomic E-state index is -0.886. The average Bonchev–Trinajstić information content (AvgIpc) is 3.26. The number of nitrogens with one attached hydrogen (secondary N) is 5. The van der Waals surface area contributed by atoms with Crippen LogP contribution in [0.1, 0.15) is 31.2 Å². The monoisotopic (exact) mass is 470 g/mol. The lowest BCUT2D eigenvalue weighted by Crippen LogP contribution is -2.39. The van der Waals surface area contributed by atoms with Crippen molar-refractivity contribution < 1.29 is 14.6 Å². The van der Waals surface area contributed by atoms with Gasteiger partial charge in [-0.05, 0) is 37.1 Å². The van der Waals surface area contributed by atoms with Gasteiger partial charge in [0.05, 0.1) is 29.7 Å². The fraction of sp³-hybridized carbons (Fsp3) is 0.304. The van der Waals surface area contributed by atoms with E-state index >= 15 is 0 Å². The average molecular weight is 471 g/mol. The summed E-state index contributed by atoms with van der Waals surface area (Å²) in [6.45, 7) is 0.223. The molecule has 0 radical (unpaired) electrons. The van der Waals surface area contributed by atoms with E-state index in [4.69, 9.17) is 27.2 Å². The first kappa shape index (κ1) is 24.2. The Balaban J connectivity index is 2.02. The third-order valence-electron chi connectivity index (χ3n) is 5.47. The molecule has 1 saturated carbocycles. The number of carbonyl (C=O) groups excluding carboxylic acids is 1. The summed E-state index contributed by atoms with van der Waals surface area (Å²) in [6, 6.07) is 5.02. The van der Waals surface area contributed by atoms with Gasteiger partial charge in [-0.25, -0.2) is 4.99 Å². The maximum absolute atomic E-state index is 13.0. The SMILES string of the molecule is COc1ccc(Cl)cc1/C(NCC1(O)CCCC1)=C(/C=N)NC(=O)/C(C=N)=C1\N=CC=CN1. The number of nitrogens with zero attached hydrogens (tertiary/aromatic N) is 1. The van der Waals surface area contributed by atoms with Gasteiger partial charge in [0.15, 0.2) is 0 Å². The predicted molar refractivity (Wildman–Crippen MR) is 130 cm³/mol. The lowest BCUT2D eigenvalue weighted by molar-refractivity contribution is -0.116. The van der Waals surface area contributed by atoms with Gasteiger partial charge in [-0.3, -0.25) is 4.79 Å². The molecule has 0 bridgehead atoms. The number of carbonyl (C=O) groups is 1. The van der Waals surface area contributed by atoms with Crippen molar-refractivity contribution in [2.24, 2.45) is 4.99 Å². The van der Waals surface area contributed by atoms with Crippen LogP contribution in [0.3, 0.4) is 0 Å². The van der Waals surface area contributed by atoms with E-state index in [9.17, 15) is 9.90 Å². The molecule has 1 aliphatic heterocycles. The van der Waals surface area contributed by atoms with Crippen molar-refractivity contribution in [2.75, 3.05) is 13.7 Å². The zero-order valence-corrected chi connectivity index (χ0v) is 19.0. The van der Waals surface area contributed by atoms with E-state index < -0.39 is 11.5 Å². The first-order valence-electron chi connectivity index (χ1n) is 10.5. The van der Waals surface area contributed by atoms with Crippen LogP contribution in [0.5, 0.6) is 5.75 Å². The first-order valence-corrected chi connectivity index (χ1v) is 10.9. The number of hydrogen-bond donors (Lipinski definition) is 6. The number of halogens is 1. The van der Waals surface area contributed by atoms with Gasteiger partial charge >= 0.3 is 0 Å². The zero-order valence-electron chi connectivity index (χ0n) is 18.2. The number of aliphatic hydroxyl groups is 1. The molecule has 0 unspecified atom stereocenters. The maximum atomic E-state index is 13.0. The molecule has 0 aromatic heterocycles. The van der Waals surface area contributed by atoms with Crippen molar-refractivity contribution in [3.63, 3.8) is 0 Å². The molecule has 1 aliphatic carbocycles. The lowest BCUT2D eigenvalue weighted by Gasteiger charge is -2.26. The zero-order chi connectivity index (χ0) is 23.8. The van der Waals surface area contributed by atoms with Crippen LogP contribution in [-0.2, 0) is 4.79 Å². The fourth-order valence-electron chi connectivity index (χ4n) is 3.75. The molecular formula is C23H27ClN6O3. The van der Waals surface area contributed by atoms with Gasteiger partial charge in [0.25, 0.3) is 5.91 Å². The van der Waals surface area contributed by atoms with E-state index in [2.05, 4.69) is 20.9 Å². The van der Waals surface area contributed by atoms with Crippen molar-refractivity contribution >= 4 is 41.8 Å². The van der Waals surface area contributed by atoms with E-state index in [-0.39, 0.29) is 23.6 Å². The van der Waals surface area contributed by atoms with Crippen molar-refractivity contribution in [1.29, 1.82) is 10.8 Å². The van der Waals surface area contributed by atoms with Crippen LogP contribution < -0.4 is 20.7 Å². The molecule has 2 aliphatic rings. The van der Waals surface area contributed by atoms with Gasteiger partial charge in [0.1, 0.15) is 11.6 Å². The van der Waals surface area contributed by atoms with E-state index in [0.29, 0.717) is 34.9 Å². The molecule has 0 spiro atoms. The Morgan fingerprint density at radius 3 is 2.70 bits per heavy atom. The largest absolute Gasteiger partial charge is 0.496 e. The lowest BCUT2D eigenvalue weighted by atomic mass is 10.0. The molecule has 1 amide bonds. The second-order valence-electron chi connectivity index (χ2n) is 7.70.